The van der Waals surface area contributed by atoms with Gasteiger partial charge >= 0.3 is 0 Å². The van der Waals surface area contributed by atoms with Gasteiger partial charge < -0.3 is 5.11 Å². The second-order valence-corrected chi connectivity index (χ2v) is 5.15. The molecule has 17 heavy (non-hydrogen) atoms. The molecule has 1 N–H and O–H groups in total. The second-order valence-electron chi connectivity index (χ2n) is 5.15. The van der Waals surface area contributed by atoms with Crippen LogP contribution in [0.25, 0.3) is 0 Å². The van der Waals surface area contributed by atoms with E-state index in [-0.39, 0.29) is 17.9 Å². The van der Waals surface area contributed by atoms with Crippen LogP contribution in [0.4, 0.5) is 0 Å². The quantitative estimate of drug-likeness (QED) is 0.755. The zero-order valence-corrected chi connectivity index (χ0v) is 9.93. The molecule has 0 amide bonds. The van der Waals surface area contributed by atoms with E-state index < -0.39 is 0 Å². The third kappa shape index (κ3) is 1.80. The van der Waals surface area contributed by atoms with Crippen LogP contribution < -0.4 is 0 Å². The van der Waals surface area contributed by atoms with E-state index in [4.69, 9.17) is 0 Å². The maximum Gasteiger partial charge on any atom is 0.166 e. The fourth-order valence-electron chi connectivity index (χ4n) is 3.07. The van der Waals surface area contributed by atoms with Gasteiger partial charge in [-0.05, 0) is 38.5 Å². The van der Waals surface area contributed by atoms with Crippen LogP contribution in [-0.2, 0) is 6.42 Å². The van der Waals surface area contributed by atoms with Crippen molar-refractivity contribution in [2.24, 2.45) is 0 Å². The van der Waals surface area contributed by atoms with E-state index in [2.05, 4.69) is 5.10 Å². The summed E-state index contributed by atoms with van der Waals surface area (Å²) >= 11 is 0. The topological polar surface area (TPSA) is 55.1 Å². The minimum atomic E-state index is -0.294. The number of hydrogen-bond donors (Lipinski definition) is 1. The Morgan fingerprint density at radius 2 is 2.06 bits per heavy atom. The number of hydrogen-bond acceptors (Lipinski definition) is 3. The average molecular weight is 234 g/mol. The highest BCUT2D eigenvalue weighted by Crippen LogP contribution is 2.32. The number of aromatic nitrogens is 2. The summed E-state index contributed by atoms with van der Waals surface area (Å²) in [5, 5.41) is 14.3. The summed E-state index contributed by atoms with van der Waals surface area (Å²) in [6.07, 6.45) is 7.88. The number of carbonyl (C=O) groups excluding carboxylic acids is 1. The lowest BCUT2D eigenvalue weighted by atomic mass is 10.1. The van der Waals surface area contributed by atoms with E-state index in [0.717, 1.165) is 49.8 Å². The number of ketones is 1. The SMILES string of the molecule is O=C1CCCCc2c1cnn2C1CCCC1O. The fraction of sp³-hybridized carbons (Fsp3) is 0.692. The molecule has 0 aromatic carbocycles. The molecule has 1 aromatic heterocycles. The van der Waals surface area contributed by atoms with Gasteiger partial charge in [0, 0.05) is 12.1 Å². The Hall–Kier alpha value is -1.16. The minimum Gasteiger partial charge on any atom is -0.391 e. The first-order valence-corrected chi connectivity index (χ1v) is 6.55. The number of nitrogens with zero attached hydrogens (tertiary/aromatic N) is 2. The van der Waals surface area contributed by atoms with Crippen molar-refractivity contribution in [3.63, 3.8) is 0 Å². The highest BCUT2D eigenvalue weighted by molar-refractivity contribution is 5.97. The van der Waals surface area contributed by atoms with Crippen LogP contribution >= 0.6 is 0 Å². The maximum absolute atomic E-state index is 11.9. The molecule has 2 aliphatic carbocycles. The Labute approximate surface area is 101 Å². The summed E-state index contributed by atoms with van der Waals surface area (Å²) in [6, 6.07) is 0.0876. The molecule has 1 aromatic rings. The molecule has 2 unspecified atom stereocenters. The predicted molar refractivity (Wildman–Crippen MR) is 63.0 cm³/mol. The number of fused-ring (bicyclic) bond motifs is 1. The largest absolute Gasteiger partial charge is 0.391 e. The molecule has 0 aliphatic heterocycles. The molecule has 4 heteroatoms. The first-order chi connectivity index (χ1) is 8.27. The zero-order chi connectivity index (χ0) is 11.8. The van der Waals surface area contributed by atoms with E-state index >= 15 is 0 Å². The molecule has 0 saturated heterocycles. The lowest BCUT2D eigenvalue weighted by Crippen LogP contribution is -2.21. The van der Waals surface area contributed by atoms with Crippen molar-refractivity contribution in [3.05, 3.63) is 17.5 Å². The molecule has 0 spiro atoms. The molecule has 0 radical (unpaired) electrons. The van der Waals surface area contributed by atoms with E-state index in [9.17, 15) is 9.90 Å². The molecule has 1 saturated carbocycles. The lowest BCUT2D eigenvalue weighted by Gasteiger charge is -2.18. The average Bonchev–Trinajstić information content (AvgIpc) is 2.86. The Bertz CT molecular complexity index is 439. The summed E-state index contributed by atoms with van der Waals surface area (Å²) in [6.45, 7) is 0. The van der Waals surface area contributed by atoms with Crippen LogP contribution in [0.1, 0.15) is 60.6 Å². The van der Waals surface area contributed by atoms with Gasteiger partial charge in [0.1, 0.15) is 0 Å². The molecule has 3 rings (SSSR count). The number of carbonyl (C=O) groups is 1. The summed E-state index contributed by atoms with van der Waals surface area (Å²) < 4.78 is 1.93. The molecule has 2 atom stereocenters. The lowest BCUT2D eigenvalue weighted by molar-refractivity contribution is 0.0981. The summed E-state index contributed by atoms with van der Waals surface area (Å²) in [5.74, 6) is 0.219. The van der Waals surface area contributed by atoms with Gasteiger partial charge in [0.25, 0.3) is 0 Å². The van der Waals surface area contributed by atoms with E-state index in [1.54, 1.807) is 6.20 Å². The molecule has 2 aliphatic rings. The Morgan fingerprint density at radius 3 is 2.82 bits per heavy atom. The van der Waals surface area contributed by atoms with Crippen molar-refractivity contribution in [2.45, 2.75) is 57.1 Å². The first-order valence-electron chi connectivity index (χ1n) is 6.55. The number of aliphatic hydroxyl groups is 1. The van der Waals surface area contributed by atoms with Gasteiger partial charge in [-0.3, -0.25) is 9.48 Å². The monoisotopic (exact) mass is 234 g/mol. The van der Waals surface area contributed by atoms with Crippen LogP contribution in [-0.4, -0.2) is 26.8 Å². The second kappa shape index (κ2) is 4.26. The fourth-order valence-corrected chi connectivity index (χ4v) is 3.07. The van der Waals surface area contributed by atoms with Crippen LogP contribution in [0.5, 0.6) is 0 Å². The Kier molecular flexibility index (Phi) is 2.74. The predicted octanol–water partition coefficient (Wildman–Crippen LogP) is 1.88. The number of Topliss-reactive ketones (excluding diaryl/α,β-unsaturated/α-hetero) is 1. The Balaban J connectivity index is 1.98. The van der Waals surface area contributed by atoms with Gasteiger partial charge in [-0.1, -0.05) is 0 Å². The van der Waals surface area contributed by atoms with Crippen LogP contribution in [0.15, 0.2) is 6.20 Å². The molecular weight excluding hydrogens is 216 g/mol. The van der Waals surface area contributed by atoms with E-state index in [1.165, 1.54) is 0 Å². The molecule has 92 valence electrons. The van der Waals surface area contributed by atoms with E-state index in [1.807, 2.05) is 4.68 Å². The van der Waals surface area contributed by atoms with E-state index in [0.29, 0.717) is 6.42 Å². The standard InChI is InChI=1S/C13H18N2O2/c16-12-6-2-1-4-10-9(12)8-14-15(10)11-5-3-7-13(11)17/h8,11,13,17H,1-7H2. The summed E-state index contributed by atoms with van der Waals surface area (Å²) in [4.78, 5) is 11.9. The smallest absolute Gasteiger partial charge is 0.166 e. The maximum atomic E-state index is 11.9. The molecular formula is C13H18N2O2. The third-order valence-electron chi connectivity index (χ3n) is 4.02. The van der Waals surface area contributed by atoms with Crippen LogP contribution in [0.3, 0.4) is 0 Å². The Morgan fingerprint density at radius 1 is 1.24 bits per heavy atom. The molecule has 1 heterocycles. The van der Waals surface area contributed by atoms with Gasteiger partial charge in [-0.2, -0.15) is 5.10 Å². The number of aliphatic hydroxyl groups excluding tert-OH is 1. The van der Waals surface area contributed by atoms with Gasteiger partial charge in [0.15, 0.2) is 5.78 Å². The van der Waals surface area contributed by atoms with Crippen molar-refractivity contribution < 1.29 is 9.90 Å². The van der Waals surface area contributed by atoms with Gasteiger partial charge in [0.2, 0.25) is 0 Å². The van der Waals surface area contributed by atoms with Crippen molar-refractivity contribution >= 4 is 5.78 Å². The van der Waals surface area contributed by atoms with Crippen molar-refractivity contribution in [2.75, 3.05) is 0 Å². The van der Waals surface area contributed by atoms with Crippen LogP contribution in [0, 0.1) is 0 Å². The highest BCUT2D eigenvalue weighted by atomic mass is 16.3. The van der Waals surface area contributed by atoms with Crippen molar-refractivity contribution in [1.29, 1.82) is 0 Å². The minimum absolute atomic E-state index is 0.0876. The first kappa shape index (κ1) is 11.0. The highest BCUT2D eigenvalue weighted by Gasteiger charge is 2.31. The van der Waals surface area contributed by atoms with Gasteiger partial charge in [0.05, 0.1) is 23.9 Å². The summed E-state index contributed by atoms with van der Waals surface area (Å²) in [7, 11) is 0. The van der Waals surface area contributed by atoms with Crippen molar-refractivity contribution in [1.82, 2.24) is 9.78 Å². The number of rotatable bonds is 1. The summed E-state index contributed by atoms with van der Waals surface area (Å²) in [5.41, 5.74) is 1.85. The van der Waals surface area contributed by atoms with Crippen LogP contribution in [0.2, 0.25) is 0 Å². The molecule has 0 bridgehead atoms. The van der Waals surface area contributed by atoms with Gasteiger partial charge in [-0.25, -0.2) is 0 Å². The zero-order valence-electron chi connectivity index (χ0n) is 9.93. The molecule has 4 nitrogen and oxygen atoms in total. The van der Waals surface area contributed by atoms with Crippen molar-refractivity contribution in [3.8, 4) is 0 Å². The van der Waals surface area contributed by atoms with Gasteiger partial charge in [-0.15, -0.1) is 0 Å². The molecule has 1 fully saturated rings. The third-order valence-corrected chi connectivity index (χ3v) is 4.02. The normalized spacial score (nSPS) is 29.1.